The van der Waals surface area contributed by atoms with E-state index in [1.54, 1.807) is 0 Å². The number of nitrogens with zero attached hydrogens (tertiary/aromatic N) is 1. The average molecular weight is 255 g/mol. The molecule has 0 spiro atoms. The monoisotopic (exact) mass is 255 g/mol. The van der Waals surface area contributed by atoms with Crippen LogP contribution in [0.4, 0.5) is 0 Å². The Bertz CT molecular complexity index is 247. The van der Waals surface area contributed by atoms with E-state index in [-0.39, 0.29) is 0 Å². The van der Waals surface area contributed by atoms with Gasteiger partial charge in [0.2, 0.25) is 0 Å². The van der Waals surface area contributed by atoms with E-state index in [2.05, 4.69) is 24.3 Å². The summed E-state index contributed by atoms with van der Waals surface area (Å²) in [4.78, 5) is 0. The summed E-state index contributed by atoms with van der Waals surface area (Å²) in [5.74, 6) is 1.11. The predicted molar refractivity (Wildman–Crippen MR) is 75.9 cm³/mol. The largest absolute Gasteiger partial charge is 0.409 e. The molecule has 1 aliphatic rings. The summed E-state index contributed by atoms with van der Waals surface area (Å²) in [6, 6.07) is 0.846. The fourth-order valence-electron chi connectivity index (χ4n) is 2.93. The number of nitrogens with one attached hydrogen (secondary N) is 1. The van der Waals surface area contributed by atoms with Crippen LogP contribution in [0.25, 0.3) is 0 Å². The fraction of sp³-hybridized carbons (Fsp3) is 0.929. The van der Waals surface area contributed by atoms with E-state index in [1.807, 2.05) is 0 Å². The van der Waals surface area contributed by atoms with Crippen molar-refractivity contribution in [2.45, 2.75) is 77.3 Å². The Morgan fingerprint density at radius 3 is 2.44 bits per heavy atom. The minimum atomic E-state index is 0.319. The summed E-state index contributed by atoms with van der Waals surface area (Å²) >= 11 is 0. The summed E-state index contributed by atoms with van der Waals surface area (Å²) < 4.78 is 0. The lowest BCUT2D eigenvalue weighted by Gasteiger charge is -2.28. The molecule has 0 aromatic carbocycles. The van der Waals surface area contributed by atoms with Crippen LogP contribution in [0.2, 0.25) is 0 Å². The molecule has 0 aliphatic heterocycles. The molecule has 1 unspecified atom stereocenters. The second kappa shape index (κ2) is 8.35. The third-order valence-corrected chi connectivity index (χ3v) is 4.18. The molecule has 1 aliphatic carbocycles. The molecule has 18 heavy (non-hydrogen) atoms. The molecule has 0 bridgehead atoms. The predicted octanol–water partition coefficient (Wildman–Crippen LogP) is 2.85. The zero-order valence-electron chi connectivity index (χ0n) is 11.9. The number of nitrogens with two attached hydrogens (primary N) is 1. The van der Waals surface area contributed by atoms with Crippen LogP contribution in [0.3, 0.4) is 0 Å². The van der Waals surface area contributed by atoms with Gasteiger partial charge in [-0.05, 0) is 32.1 Å². The Labute approximate surface area is 111 Å². The number of rotatable bonds is 6. The van der Waals surface area contributed by atoms with Gasteiger partial charge in [-0.1, -0.05) is 37.8 Å². The van der Waals surface area contributed by atoms with Gasteiger partial charge in [-0.15, -0.1) is 0 Å². The van der Waals surface area contributed by atoms with E-state index in [0.717, 1.165) is 12.3 Å². The molecule has 0 heterocycles. The molecule has 106 valence electrons. The van der Waals surface area contributed by atoms with E-state index in [0.29, 0.717) is 24.3 Å². The lowest BCUT2D eigenvalue weighted by atomic mass is 9.92. The molecule has 0 aromatic rings. The Balaban J connectivity index is 2.42. The standard InChI is InChI=1S/C14H29N3O/c1-3-13(10-14(15)17-18)16-11(2)12-8-6-4-5-7-9-12/h11-13,16,18H,3-10H2,1-2H3,(H2,15,17)/t11-,13?/m0/s1. The third kappa shape index (κ3) is 5.25. The molecule has 0 aromatic heterocycles. The van der Waals surface area contributed by atoms with Gasteiger partial charge in [0.05, 0.1) is 0 Å². The van der Waals surface area contributed by atoms with Crippen molar-refractivity contribution in [1.29, 1.82) is 0 Å². The Morgan fingerprint density at radius 1 is 1.33 bits per heavy atom. The maximum atomic E-state index is 8.63. The summed E-state index contributed by atoms with van der Waals surface area (Å²) in [5.41, 5.74) is 5.59. The van der Waals surface area contributed by atoms with Crippen LogP contribution < -0.4 is 11.1 Å². The van der Waals surface area contributed by atoms with Crippen molar-refractivity contribution in [3.63, 3.8) is 0 Å². The Hall–Kier alpha value is -0.770. The van der Waals surface area contributed by atoms with Crippen LogP contribution in [0, 0.1) is 5.92 Å². The molecule has 0 saturated heterocycles. The minimum absolute atomic E-state index is 0.319. The highest BCUT2D eigenvalue weighted by Gasteiger charge is 2.21. The van der Waals surface area contributed by atoms with Crippen LogP contribution in [-0.4, -0.2) is 23.1 Å². The Kier molecular flexibility index (Phi) is 7.09. The van der Waals surface area contributed by atoms with Crippen molar-refractivity contribution in [3.8, 4) is 0 Å². The van der Waals surface area contributed by atoms with Crippen molar-refractivity contribution in [2.75, 3.05) is 0 Å². The van der Waals surface area contributed by atoms with Crippen molar-refractivity contribution in [1.82, 2.24) is 5.32 Å². The molecule has 1 rings (SSSR count). The van der Waals surface area contributed by atoms with Gasteiger partial charge >= 0.3 is 0 Å². The first-order valence-electron chi connectivity index (χ1n) is 7.39. The van der Waals surface area contributed by atoms with Gasteiger partial charge in [-0.2, -0.15) is 0 Å². The maximum absolute atomic E-state index is 8.63. The lowest BCUT2D eigenvalue weighted by Crippen LogP contribution is -2.42. The third-order valence-electron chi connectivity index (χ3n) is 4.18. The van der Waals surface area contributed by atoms with Gasteiger partial charge in [0.1, 0.15) is 5.84 Å². The number of oxime groups is 1. The van der Waals surface area contributed by atoms with Crippen molar-refractivity contribution < 1.29 is 5.21 Å². The first-order chi connectivity index (χ1) is 8.67. The van der Waals surface area contributed by atoms with E-state index in [1.165, 1.54) is 38.5 Å². The van der Waals surface area contributed by atoms with Gasteiger partial charge in [0.15, 0.2) is 0 Å². The maximum Gasteiger partial charge on any atom is 0.140 e. The highest BCUT2D eigenvalue weighted by Crippen LogP contribution is 2.25. The van der Waals surface area contributed by atoms with Crippen LogP contribution >= 0.6 is 0 Å². The lowest BCUT2D eigenvalue weighted by molar-refractivity contribution is 0.299. The zero-order valence-corrected chi connectivity index (χ0v) is 11.9. The quantitative estimate of drug-likeness (QED) is 0.225. The van der Waals surface area contributed by atoms with Crippen LogP contribution in [0.5, 0.6) is 0 Å². The van der Waals surface area contributed by atoms with E-state index < -0.39 is 0 Å². The molecular weight excluding hydrogens is 226 g/mol. The van der Waals surface area contributed by atoms with Gasteiger partial charge in [0, 0.05) is 18.5 Å². The highest BCUT2D eigenvalue weighted by molar-refractivity contribution is 5.80. The summed E-state index contributed by atoms with van der Waals surface area (Å²) in [7, 11) is 0. The summed E-state index contributed by atoms with van der Waals surface area (Å²) in [6.07, 6.45) is 9.84. The second-order valence-electron chi connectivity index (χ2n) is 5.61. The summed E-state index contributed by atoms with van der Waals surface area (Å²) in [6.45, 7) is 4.42. The molecule has 2 atom stereocenters. The molecule has 1 fully saturated rings. The Morgan fingerprint density at radius 2 is 1.94 bits per heavy atom. The second-order valence-corrected chi connectivity index (χ2v) is 5.61. The first-order valence-corrected chi connectivity index (χ1v) is 7.39. The van der Waals surface area contributed by atoms with Crippen LogP contribution in [0.1, 0.15) is 65.2 Å². The SMILES string of the molecule is CCC(CC(N)=NO)N[C@@H](C)C1CCCCCC1. The normalized spacial score (nSPS) is 22.4. The van der Waals surface area contributed by atoms with Crippen molar-refractivity contribution in [3.05, 3.63) is 0 Å². The zero-order chi connectivity index (χ0) is 13.4. The summed E-state index contributed by atoms with van der Waals surface area (Å²) in [5, 5.41) is 15.4. The molecule has 4 N–H and O–H groups in total. The molecule has 4 heteroatoms. The average Bonchev–Trinajstić information content (AvgIpc) is 2.66. The van der Waals surface area contributed by atoms with Gasteiger partial charge in [0.25, 0.3) is 0 Å². The smallest absolute Gasteiger partial charge is 0.140 e. The van der Waals surface area contributed by atoms with E-state index >= 15 is 0 Å². The van der Waals surface area contributed by atoms with Gasteiger partial charge < -0.3 is 16.3 Å². The molecule has 0 amide bonds. The molecule has 0 radical (unpaired) electrons. The number of amidine groups is 1. The highest BCUT2D eigenvalue weighted by atomic mass is 16.4. The van der Waals surface area contributed by atoms with Crippen LogP contribution in [0.15, 0.2) is 5.16 Å². The van der Waals surface area contributed by atoms with E-state index in [9.17, 15) is 0 Å². The molecular formula is C14H29N3O. The van der Waals surface area contributed by atoms with Gasteiger partial charge in [-0.3, -0.25) is 0 Å². The van der Waals surface area contributed by atoms with Crippen molar-refractivity contribution in [2.24, 2.45) is 16.8 Å². The number of hydrogen-bond donors (Lipinski definition) is 3. The molecule has 4 nitrogen and oxygen atoms in total. The molecule has 1 saturated carbocycles. The fourth-order valence-corrected chi connectivity index (χ4v) is 2.93. The van der Waals surface area contributed by atoms with Gasteiger partial charge in [-0.25, -0.2) is 0 Å². The van der Waals surface area contributed by atoms with Crippen LogP contribution in [-0.2, 0) is 0 Å². The topological polar surface area (TPSA) is 70.6 Å². The first kappa shape index (κ1) is 15.3. The van der Waals surface area contributed by atoms with E-state index in [4.69, 9.17) is 10.9 Å². The van der Waals surface area contributed by atoms with Crippen molar-refractivity contribution >= 4 is 5.84 Å². The minimum Gasteiger partial charge on any atom is -0.409 e. The number of hydrogen-bond acceptors (Lipinski definition) is 3.